The summed E-state index contributed by atoms with van der Waals surface area (Å²) in [6, 6.07) is 5.72. The molecule has 0 saturated heterocycles. The lowest BCUT2D eigenvalue weighted by Gasteiger charge is -2.09. The fourth-order valence-corrected chi connectivity index (χ4v) is 1.23. The molecule has 14 heavy (non-hydrogen) atoms. The Morgan fingerprint density at radius 3 is 2.71 bits per heavy atom. The Morgan fingerprint density at radius 2 is 2.07 bits per heavy atom. The van der Waals surface area contributed by atoms with Crippen molar-refractivity contribution in [3.63, 3.8) is 0 Å². The van der Waals surface area contributed by atoms with Crippen molar-refractivity contribution in [3.8, 4) is 5.75 Å². The van der Waals surface area contributed by atoms with Gasteiger partial charge in [-0.15, -0.1) is 0 Å². The molecule has 0 aliphatic heterocycles. The standard InChI is InChI=1S/C11H18N2O/c1-3-5-14-11-7-9(12)6-10(8-11)13-4-2/h6-8,13H,3-5,12H2,1-2H3. The summed E-state index contributed by atoms with van der Waals surface area (Å²) in [6.45, 7) is 5.75. The van der Waals surface area contributed by atoms with E-state index in [9.17, 15) is 0 Å². The van der Waals surface area contributed by atoms with E-state index in [1.807, 2.05) is 18.2 Å². The molecule has 1 aromatic carbocycles. The van der Waals surface area contributed by atoms with Crippen LogP contribution in [-0.4, -0.2) is 13.2 Å². The zero-order chi connectivity index (χ0) is 10.4. The summed E-state index contributed by atoms with van der Waals surface area (Å²) >= 11 is 0. The zero-order valence-corrected chi connectivity index (χ0v) is 8.84. The summed E-state index contributed by atoms with van der Waals surface area (Å²) in [5.41, 5.74) is 7.49. The van der Waals surface area contributed by atoms with Gasteiger partial charge in [-0.3, -0.25) is 0 Å². The first-order valence-electron chi connectivity index (χ1n) is 5.03. The van der Waals surface area contributed by atoms with E-state index >= 15 is 0 Å². The average molecular weight is 194 g/mol. The number of nitrogen functional groups attached to an aromatic ring is 1. The molecule has 0 amide bonds. The van der Waals surface area contributed by atoms with Crippen molar-refractivity contribution in [1.82, 2.24) is 0 Å². The summed E-state index contributed by atoms with van der Waals surface area (Å²) in [6.07, 6.45) is 1.01. The minimum atomic E-state index is 0.731. The van der Waals surface area contributed by atoms with Crippen LogP contribution >= 0.6 is 0 Å². The van der Waals surface area contributed by atoms with Gasteiger partial charge in [0.25, 0.3) is 0 Å². The number of rotatable bonds is 5. The zero-order valence-electron chi connectivity index (χ0n) is 8.84. The first kappa shape index (κ1) is 10.7. The Labute approximate surface area is 85.3 Å². The van der Waals surface area contributed by atoms with Crippen LogP contribution in [-0.2, 0) is 0 Å². The SMILES string of the molecule is CCCOc1cc(N)cc(NCC)c1. The van der Waals surface area contributed by atoms with Gasteiger partial charge in [-0.2, -0.15) is 0 Å². The molecule has 3 heteroatoms. The van der Waals surface area contributed by atoms with Crippen LogP contribution < -0.4 is 15.8 Å². The molecule has 3 nitrogen and oxygen atoms in total. The highest BCUT2D eigenvalue weighted by molar-refractivity contribution is 5.59. The lowest BCUT2D eigenvalue weighted by Crippen LogP contribution is -2.00. The quantitative estimate of drug-likeness (QED) is 0.708. The molecule has 0 fully saturated rings. The number of nitrogens with one attached hydrogen (secondary N) is 1. The smallest absolute Gasteiger partial charge is 0.123 e. The van der Waals surface area contributed by atoms with Crippen LogP contribution in [0.2, 0.25) is 0 Å². The molecule has 1 aromatic rings. The van der Waals surface area contributed by atoms with Crippen LogP contribution in [0.5, 0.6) is 5.75 Å². The molecule has 0 saturated carbocycles. The highest BCUT2D eigenvalue weighted by Gasteiger charge is 1.98. The lowest BCUT2D eigenvalue weighted by atomic mass is 10.2. The van der Waals surface area contributed by atoms with Crippen LogP contribution in [0.15, 0.2) is 18.2 Å². The maximum absolute atomic E-state index is 5.74. The van der Waals surface area contributed by atoms with Gasteiger partial charge in [0.2, 0.25) is 0 Å². The number of benzene rings is 1. The number of hydrogen-bond donors (Lipinski definition) is 2. The second kappa shape index (κ2) is 5.37. The highest BCUT2D eigenvalue weighted by Crippen LogP contribution is 2.22. The molecule has 0 aromatic heterocycles. The molecule has 0 aliphatic rings. The van der Waals surface area contributed by atoms with Crippen molar-refractivity contribution in [2.75, 3.05) is 24.2 Å². The van der Waals surface area contributed by atoms with Gasteiger partial charge >= 0.3 is 0 Å². The molecule has 0 spiro atoms. The van der Waals surface area contributed by atoms with Crippen molar-refractivity contribution in [3.05, 3.63) is 18.2 Å². The summed E-state index contributed by atoms with van der Waals surface area (Å²) in [5.74, 6) is 0.836. The topological polar surface area (TPSA) is 47.3 Å². The minimum Gasteiger partial charge on any atom is -0.493 e. The molecule has 0 radical (unpaired) electrons. The summed E-state index contributed by atoms with van der Waals surface area (Å²) < 4.78 is 5.50. The maximum Gasteiger partial charge on any atom is 0.123 e. The van der Waals surface area contributed by atoms with Crippen molar-refractivity contribution < 1.29 is 4.74 Å². The van der Waals surface area contributed by atoms with E-state index in [4.69, 9.17) is 10.5 Å². The first-order valence-corrected chi connectivity index (χ1v) is 5.03. The third kappa shape index (κ3) is 3.17. The van der Waals surface area contributed by atoms with Gasteiger partial charge in [0, 0.05) is 30.1 Å². The highest BCUT2D eigenvalue weighted by atomic mass is 16.5. The third-order valence-corrected chi connectivity index (χ3v) is 1.78. The van der Waals surface area contributed by atoms with Gasteiger partial charge in [-0.1, -0.05) is 6.92 Å². The maximum atomic E-state index is 5.74. The van der Waals surface area contributed by atoms with Crippen molar-refractivity contribution in [1.29, 1.82) is 0 Å². The van der Waals surface area contributed by atoms with E-state index in [0.29, 0.717) is 0 Å². The Bertz CT molecular complexity index is 287. The molecule has 0 bridgehead atoms. The molecule has 0 heterocycles. The molecular formula is C11H18N2O. The molecular weight excluding hydrogens is 176 g/mol. The second-order valence-corrected chi connectivity index (χ2v) is 3.17. The normalized spacial score (nSPS) is 9.86. The number of hydrogen-bond acceptors (Lipinski definition) is 3. The molecule has 0 unspecified atom stereocenters. The fraction of sp³-hybridized carbons (Fsp3) is 0.455. The van der Waals surface area contributed by atoms with Crippen LogP contribution in [0.1, 0.15) is 20.3 Å². The third-order valence-electron chi connectivity index (χ3n) is 1.78. The number of ether oxygens (including phenoxy) is 1. The summed E-state index contributed by atoms with van der Waals surface area (Å²) in [4.78, 5) is 0. The number of anilines is 2. The first-order chi connectivity index (χ1) is 6.76. The van der Waals surface area contributed by atoms with Gasteiger partial charge in [0.05, 0.1) is 6.61 Å². The lowest BCUT2D eigenvalue weighted by molar-refractivity contribution is 0.318. The average Bonchev–Trinajstić information content (AvgIpc) is 2.14. The van der Waals surface area contributed by atoms with Gasteiger partial charge in [0.1, 0.15) is 5.75 Å². The Kier molecular flexibility index (Phi) is 4.11. The Balaban J connectivity index is 2.73. The largest absolute Gasteiger partial charge is 0.493 e. The summed E-state index contributed by atoms with van der Waals surface area (Å²) in [5, 5.41) is 3.21. The van der Waals surface area contributed by atoms with Crippen LogP contribution in [0.4, 0.5) is 11.4 Å². The van der Waals surface area contributed by atoms with E-state index in [-0.39, 0.29) is 0 Å². The molecule has 78 valence electrons. The molecule has 0 atom stereocenters. The van der Waals surface area contributed by atoms with Crippen molar-refractivity contribution in [2.24, 2.45) is 0 Å². The molecule has 1 rings (SSSR count). The molecule has 3 N–H and O–H groups in total. The number of nitrogens with two attached hydrogens (primary N) is 1. The van der Waals surface area contributed by atoms with E-state index in [1.54, 1.807) is 0 Å². The van der Waals surface area contributed by atoms with Crippen LogP contribution in [0, 0.1) is 0 Å². The van der Waals surface area contributed by atoms with E-state index < -0.39 is 0 Å². The van der Waals surface area contributed by atoms with Crippen molar-refractivity contribution >= 4 is 11.4 Å². The van der Waals surface area contributed by atoms with E-state index in [0.717, 1.165) is 36.7 Å². The van der Waals surface area contributed by atoms with Crippen molar-refractivity contribution in [2.45, 2.75) is 20.3 Å². The van der Waals surface area contributed by atoms with Gasteiger partial charge in [-0.05, 0) is 19.4 Å². The van der Waals surface area contributed by atoms with Crippen LogP contribution in [0.3, 0.4) is 0 Å². The van der Waals surface area contributed by atoms with E-state index in [2.05, 4.69) is 19.2 Å². The van der Waals surface area contributed by atoms with E-state index in [1.165, 1.54) is 0 Å². The summed E-state index contributed by atoms with van der Waals surface area (Å²) in [7, 11) is 0. The second-order valence-electron chi connectivity index (χ2n) is 3.17. The van der Waals surface area contributed by atoms with Gasteiger partial charge in [-0.25, -0.2) is 0 Å². The predicted octanol–water partition coefficient (Wildman–Crippen LogP) is 2.49. The Hall–Kier alpha value is -1.38. The van der Waals surface area contributed by atoms with Gasteiger partial charge in [0.15, 0.2) is 0 Å². The van der Waals surface area contributed by atoms with Gasteiger partial charge < -0.3 is 15.8 Å². The Morgan fingerprint density at radius 1 is 1.29 bits per heavy atom. The van der Waals surface area contributed by atoms with Crippen LogP contribution in [0.25, 0.3) is 0 Å². The fourth-order valence-electron chi connectivity index (χ4n) is 1.23. The minimum absolute atomic E-state index is 0.731. The molecule has 0 aliphatic carbocycles. The monoisotopic (exact) mass is 194 g/mol. The predicted molar refractivity (Wildman–Crippen MR) is 60.8 cm³/mol.